The number of rotatable bonds is 13. The Labute approximate surface area is 303 Å². The molecule has 0 aliphatic carbocycles. The van der Waals surface area contributed by atoms with E-state index in [1.165, 1.54) is 23.1 Å². The van der Waals surface area contributed by atoms with Gasteiger partial charge in [-0.1, -0.05) is 85.3 Å². The van der Waals surface area contributed by atoms with Gasteiger partial charge in [0.05, 0.1) is 11.9 Å². The molecule has 1 unspecified atom stereocenters. The van der Waals surface area contributed by atoms with Crippen LogP contribution in [0.3, 0.4) is 0 Å². The molecule has 5 aromatic rings. The summed E-state index contributed by atoms with van der Waals surface area (Å²) in [5.74, 6) is -1.74. The van der Waals surface area contributed by atoms with Crippen LogP contribution in [0.25, 0.3) is 17.2 Å². The molecule has 1 atom stereocenters. The third kappa shape index (κ3) is 9.50. The summed E-state index contributed by atoms with van der Waals surface area (Å²) in [5.41, 5.74) is 3.44. The highest BCUT2D eigenvalue weighted by atomic mass is 35.5. The Morgan fingerprint density at radius 2 is 1.56 bits per heavy atom. The zero-order valence-corrected chi connectivity index (χ0v) is 29.7. The summed E-state index contributed by atoms with van der Waals surface area (Å²) in [5, 5.41) is 10.9. The largest absolute Gasteiger partial charge is 0.462 e. The zero-order valence-electron chi connectivity index (χ0n) is 27.3. The van der Waals surface area contributed by atoms with E-state index < -0.39 is 23.0 Å². The van der Waals surface area contributed by atoms with Crippen molar-refractivity contribution in [3.05, 3.63) is 142 Å². The monoisotopic (exact) mass is 723 g/mol. The van der Waals surface area contributed by atoms with Gasteiger partial charge in [-0.3, -0.25) is 14.4 Å². The number of anilines is 2. The Hall–Kier alpha value is -5.16. The van der Waals surface area contributed by atoms with Crippen LogP contribution in [-0.2, 0) is 14.3 Å². The van der Waals surface area contributed by atoms with Crippen molar-refractivity contribution in [2.75, 3.05) is 17.2 Å². The van der Waals surface area contributed by atoms with E-state index in [1.54, 1.807) is 85.8 Å². The highest BCUT2D eigenvalue weighted by molar-refractivity contribution is 8.00. The molecule has 0 radical (unpaired) electrons. The van der Waals surface area contributed by atoms with Gasteiger partial charge in [0.2, 0.25) is 5.91 Å². The summed E-state index contributed by atoms with van der Waals surface area (Å²) >= 11 is 8.65. The van der Waals surface area contributed by atoms with Crippen molar-refractivity contribution >= 4 is 75.2 Å². The van der Waals surface area contributed by atoms with Crippen LogP contribution < -0.4 is 16.0 Å². The Kier molecular flexibility index (Phi) is 12.6. The molecule has 0 aliphatic heterocycles. The molecule has 50 heavy (non-hydrogen) atoms. The van der Waals surface area contributed by atoms with E-state index in [2.05, 4.69) is 16.0 Å². The summed E-state index contributed by atoms with van der Waals surface area (Å²) in [6.45, 7) is 3.85. The van der Waals surface area contributed by atoms with E-state index in [4.69, 9.17) is 16.3 Å². The molecule has 0 aliphatic rings. The first kappa shape index (κ1) is 36.1. The minimum atomic E-state index is -0.533. The lowest BCUT2D eigenvalue weighted by molar-refractivity contribution is -0.116. The first-order valence-corrected chi connectivity index (χ1v) is 18.0. The Morgan fingerprint density at radius 3 is 2.24 bits per heavy atom. The smallest absolute Gasteiger partial charge is 0.341 e. The fourth-order valence-corrected chi connectivity index (χ4v) is 6.98. The lowest BCUT2D eigenvalue weighted by Gasteiger charge is -2.16. The Morgan fingerprint density at radius 1 is 0.860 bits per heavy atom. The Balaban J connectivity index is 1.32. The minimum Gasteiger partial charge on any atom is -0.462 e. The van der Waals surface area contributed by atoms with Crippen LogP contribution in [0.1, 0.15) is 46.5 Å². The number of ether oxygens (including phenoxy) is 1. The number of amides is 3. The van der Waals surface area contributed by atoms with Gasteiger partial charge in [0.1, 0.15) is 16.3 Å². The predicted octanol–water partition coefficient (Wildman–Crippen LogP) is 9.16. The van der Waals surface area contributed by atoms with E-state index in [9.17, 15) is 19.2 Å². The predicted molar refractivity (Wildman–Crippen MR) is 203 cm³/mol. The maximum atomic E-state index is 13.6. The average molecular weight is 724 g/mol. The molecule has 0 spiro atoms. The molecule has 4 aromatic carbocycles. The van der Waals surface area contributed by atoms with Gasteiger partial charge in [-0.25, -0.2) is 4.79 Å². The number of carbonyl (C=O) groups is 4. The summed E-state index contributed by atoms with van der Waals surface area (Å²) in [6, 6.07) is 32.1. The highest BCUT2D eigenvalue weighted by Crippen LogP contribution is 2.37. The molecular weight excluding hydrogens is 690 g/mol. The summed E-state index contributed by atoms with van der Waals surface area (Å²) < 4.78 is 5.34. The molecule has 5 rings (SSSR count). The van der Waals surface area contributed by atoms with Crippen molar-refractivity contribution in [1.29, 1.82) is 0 Å². The standard InChI is InChI=1S/C39H34ClN3O5S2/c1-3-33(37(46)43-38-34(39(47)48-4-2)31(24-49-38)26-12-7-5-8-13-26)50-30-17-11-16-29(23-30)41-36(45)32(22-25-18-20-28(40)21-19-25)42-35(44)27-14-9-6-10-15-27/h5-24,33H,3-4H2,1-2H3,(H,41,45)(H,42,44)(H,43,46)/b32-22+. The van der Waals surface area contributed by atoms with E-state index in [1.807, 2.05) is 48.7 Å². The third-order valence-electron chi connectivity index (χ3n) is 7.34. The fourth-order valence-electron chi connectivity index (χ4n) is 4.88. The first-order valence-electron chi connectivity index (χ1n) is 15.8. The fraction of sp³-hybridized carbons (Fsp3) is 0.128. The van der Waals surface area contributed by atoms with Gasteiger partial charge in [0, 0.05) is 32.1 Å². The molecule has 0 bridgehead atoms. The highest BCUT2D eigenvalue weighted by Gasteiger charge is 2.26. The zero-order chi connectivity index (χ0) is 35.5. The molecule has 8 nitrogen and oxygen atoms in total. The number of carbonyl (C=O) groups excluding carboxylic acids is 4. The normalized spacial score (nSPS) is 11.7. The molecule has 11 heteroatoms. The summed E-state index contributed by atoms with van der Waals surface area (Å²) in [4.78, 5) is 53.9. The van der Waals surface area contributed by atoms with E-state index in [0.717, 1.165) is 10.5 Å². The SMILES string of the molecule is CCOC(=O)c1c(-c2ccccc2)csc1NC(=O)C(CC)Sc1cccc(NC(=O)/C(=C\c2ccc(Cl)cc2)NC(=O)c2ccccc2)c1. The topological polar surface area (TPSA) is 114 Å². The lowest BCUT2D eigenvalue weighted by atomic mass is 10.0. The van der Waals surface area contributed by atoms with Crippen molar-refractivity contribution in [1.82, 2.24) is 5.32 Å². The van der Waals surface area contributed by atoms with Gasteiger partial charge >= 0.3 is 5.97 Å². The van der Waals surface area contributed by atoms with Gasteiger partial charge < -0.3 is 20.7 Å². The molecular formula is C39H34ClN3O5S2. The van der Waals surface area contributed by atoms with Gasteiger partial charge in [0.25, 0.3) is 11.8 Å². The van der Waals surface area contributed by atoms with Gasteiger partial charge in [0.15, 0.2) is 0 Å². The molecule has 3 N–H and O–H groups in total. The average Bonchev–Trinajstić information content (AvgIpc) is 3.55. The maximum Gasteiger partial charge on any atom is 0.341 e. The van der Waals surface area contributed by atoms with Crippen LogP contribution >= 0.6 is 34.7 Å². The molecule has 0 saturated carbocycles. The maximum absolute atomic E-state index is 13.6. The van der Waals surface area contributed by atoms with Crippen molar-refractivity contribution in [3.8, 4) is 11.1 Å². The molecule has 1 heterocycles. The van der Waals surface area contributed by atoms with Crippen LogP contribution in [0.15, 0.2) is 125 Å². The number of thioether (sulfide) groups is 1. The van der Waals surface area contributed by atoms with Gasteiger partial charge in [-0.15, -0.1) is 23.1 Å². The Bertz CT molecular complexity index is 2000. The molecule has 254 valence electrons. The van der Waals surface area contributed by atoms with Crippen molar-refractivity contribution in [2.24, 2.45) is 0 Å². The van der Waals surface area contributed by atoms with Crippen molar-refractivity contribution < 1.29 is 23.9 Å². The second-order valence-electron chi connectivity index (χ2n) is 10.9. The number of hydrogen-bond donors (Lipinski definition) is 3. The van der Waals surface area contributed by atoms with Crippen LogP contribution in [0.4, 0.5) is 10.7 Å². The minimum absolute atomic E-state index is 0.0354. The molecule has 3 amide bonds. The van der Waals surface area contributed by atoms with Crippen LogP contribution in [0.2, 0.25) is 5.02 Å². The van der Waals surface area contributed by atoms with Crippen molar-refractivity contribution in [2.45, 2.75) is 30.4 Å². The third-order valence-corrected chi connectivity index (χ3v) is 9.84. The van der Waals surface area contributed by atoms with Crippen LogP contribution in [0, 0.1) is 0 Å². The van der Waals surface area contributed by atoms with Gasteiger partial charge in [-0.05, 0) is 73.0 Å². The number of esters is 1. The first-order chi connectivity index (χ1) is 24.2. The number of halogens is 1. The second-order valence-corrected chi connectivity index (χ2v) is 13.4. The second kappa shape index (κ2) is 17.5. The van der Waals surface area contributed by atoms with E-state index >= 15 is 0 Å². The molecule has 0 saturated heterocycles. The number of hydrogen-bond acceptors (Lipinski definition) is 7. The molecule has 0 fully saturated rings. The van der Waals surface area contributed by atoms with E-state index in [-0.39, 0.29) is 18.2 Å². The van der Waals surface area contributed by atoms with Crippen LogP contribution in [0.5, 0.6) is 0 Å². The van der Waals surface area contributed by atoms with E-state index in [0.29, 0.717) is 44.4 Å². The van der Waals surface area contributed by atoms with Crippen LogP contribution in [-0.4, -0.2) is 35.5 Å². The summed E-state index contributed by atoms with van der Waals surface area (Å²) in [6.07, 6.45) is 2.07. The quantitative estimate of drug-likeness (QED) is 0.0635. The van der Waals surface area contributed by atoms with Crippen molar-refractivity contribution in [3.63, 3.8) is 0 Å². The molecule has 1 aromatic heterocycles. The summed E-state index contributed by atoms with van der Waals surface area (Å²) in [7, 11) is 0. The number of benzene rings is 4. The lowest BCUT2D eigenvalue weighted by Crippen LogP contribution is -2.30. The number of thiophene rings is 1. The number of nitrogens with one attached hydrogen (secondary N) is 3. The van der Waals surface area contributed by atoms with Gasteiger partial charge in [-0.2, -0.15) is 0 Å².